The maximum Gasteiger partial charge on any atom is 0.0361 e. The molecule has 0 unspecified atom stereocenters. The zero-order valence-electron chi connectivity index (χ0n) is 8.36. The third-order valence-electron chi connectivity index (χ3n) is 2.02. The Morgan fingerprint density at radius 1 is 1.00 bits per heavy atom. The minimum Gasteiger partial charge on any atom is -0.263 e. The van der Waals surface area contributed by atoms with Crippen LogP contribution in [0.3, 0.4) is 0 Å². The van der Waals surface area contributed by atoms with Crippen molar-refractivity contribution in [3.05, 3.63) is 11.3 Å². The van der Waals surface area contributed by atoms with Gasteiger partial charge in [-0.05, 0) is 33.6 Å². The summed E-state index contributed by atoms with van der Waals surface area (Å²) in [6.45, 7) is 10.6. The molecule has 0 rings (SSSR count). The van der Waals surface area contributed by atoms with Crippen LogP contribution in [0.15, 0.2) is 16.3 Å². The Morgan fingerprint density at radius 2 is 1.55 bits per heavy atom. The monoisotopic (exact) mass is 153 g/mol. The molecule has 0 bridgehead atoms. The van der Waals surface area contributed by atoms with Crippen LogP contribution in [0.25, 0.3) is 0 Å². The van der Waals surface area contributed by atoms with Gasteiger partial charge in [-0.25, -0.2) is 0 Å². The molecule has 11 heavy (non-hydrogen) atoms. The zero-order valence-corrected chi connectivity index (χ0v) is 8.36. The molecule has 0 saturated heterocycles. The van der Waals surface area contributed by atoms with E-state index in [-0.39, 0.29) is 0 Å². The van der Waals surface area contributed by atoms with E-state index in [2.05, 4.69) is 39.6 Å². The molecule has 0 aliphatic rings. The molecular formula is C10H19N. The molecule has 0 amide bonds. The Hall–Kier alpha value is -0.590. The highest BCUT2D eigenvalue weighted by Crippen LogP contribution is 2.08. The van der Waals surface area contributed by atoms with Crippen molar-refractivity contribution < 1.29 is 0 Å². The molecule has 1 heteroatoms. The van der Waals surface area contributed by atoms with Crippen LogP contribution in [0.1, 0.15) is 47.5 Å². The maximum atomic E-state index is 4.46. The highest BCUT2D eigenvalue weighted by molar-refractivity contribution is 5.82. The summed E-state index contributed by atoms with van der Waals surface area (Å²) in [5.41, 5.74) is 3.79. The molecule has 0 aromatic rings. The molecule has 0 aliphatic carbocycles. The topological polar surface area (TPSA) is 12.4 Å². The van der Waals surface area contributed by atoms with Crippen LogP contribution in [0.5, 0.6) is 0 Å². The smallest absolute Gasteiger partial charge is 0.0361 e. The Labute approximate surface area is 70.2 Å². The second kappa shape index (κ2) is 5.11. The molecule has 0 spiro atoms. The highest BCUT2D eigenvalue weighted by atomic mass is 14.7. The lowest BCUT2D eigenvalue weighted by molar-refractivity contribution is 1.03. The fraction of sp³-hybridized carbons (Fsp3) is 0.700. The van der Waals surface area contributed by atoms with Crippen molar-refractivity contribution in [2.45, 2.75) is 47.5 Å². The molecule has 0 aliphatic heterocycles. The Balaban J connectivity index is 4.37. The van der Waals surface area contributed by atoms with Crippen LogP contribution in [0, 0.1) is 0 Å². The average Bonchev–Trinajstić information content (AvgIpc) is 2.02. The van der Waals surface area contributed by atoms with Crippen molar-refractivity contribution in [2.24, 2.45) is 4.99 Å². The second-order valence-electron chi connectivity index (χ2n) is 2.92. The van der Waals surface area contributed by atoms with Gasteiger partial charge in [-0.2, -0.15) is 0 Å². The predicted octanol–water partition coefficient (Wildman–Crippen LogP) is 3.56. The van der Waals surface area contributed by atoms with Crippen molar-refractivity contribution in [1.82, 2.24) is 0 Å². The van der Waals surface area contributed by atoms with Gasteiger partial charge < -0.3 is 0 Å². The summed E-state index contributed by atoms with van der Waals surface area (Å²) < 4.78 is 0. The molecule has 0 N–H and O–H groups in total. The summed E-state index contributed by atoms with van der Waals surface area (Å²) in [5, 5.41) is 0. The van der Waals surface area contributed by atoms with E-state index in [0.717, 1.165) is 12.8 Å². The summed E-state index contributed by atoms with van der Waals surface area (Å²) in [7, 11) is 0. The minimum absolute atomic E-state index is 1.05. The summed E-state index contributed by atoms with van der Waals surface area (Å²) in [6, 6.07) is 0. The van der Waals surface area contributed by atoms with Gasteiger partial charge in [-0.15, -0.1) is 0 Å². The number of aliphatic imine (C=N–C) groups is 1. The van der Waals surface area contributed by atoms with E-state index < -0.39 is 0 Å². The van der Waals surface area contributed by atoms with E-state index in [9.17, 15) is 0 Å². The molecule has 0 aromatic heterocycles. The van der Waals surface area contributed by atoms with Gasteiger partial charge in [0, 0.05) is 11.4 Å². The second-order valence-corrected chi connectivity index (χ2v) is 2.92. The molecule has 0 heterocycles. The first kappa shape index (κ1) is 10.4. The van der Waals surface area contributed by atoms with E-state index in [1.54, 1.807) is 0 Å². The highest BCUT2D eigenvalue weighted by Gasteiger charge is 1.92. The molecule has 0 fully saturated rings. The van der Waals surface area contributed by atoms with Gasteiger partial charge in [0.2, 0.25) is 0 Å². The molecule has 0 saturated carbocycles. The number of hydrogen-bond donors (Lipinski definition) is 0. The van der Waals surface area contributed by atoms with Gasteiger partial charge in [0.1, 0.15) is 0 Å². The fourth-order valence-electron chi connectivity index (χ4n) is 0.717. The van der Waals surface area contributed by atoms with Gasteiger partial charge >= 0.3 is 0 Å². The predicted molar refractivity (Wildman–Crippen MR) is 52.1 cm³/mol. The molecule has 1 nitrogen and oxygen atoms in total. The van der Waals surface area contributed by atoms with Crippen molar-refractivity contribution in [1.29, 1.82) is 0 Å². The zero-order chi connectivity index (χ0) is 8.85. The lowest BCUT2D eigenvalue weighted by Gasteiger charge is -2.00. The van der Waals surface area contributed by atoms with Gasteiger partial charge in [-0.3, -0.25) is 4.99 Å². The number of hydrogen-bond acceptors (Lipinski definition) is 1. The summed E-state index contributed by atoms with van der Waals surface area (Å²) >= 11 is 0. The third-order valence-corrected chi connectivity index (χ3v) is 2.02. The molecule has 0 aromatic carbocycles. The first-order valence-corrected chi connectivity index (χ1v) is 4.32. The number of rotatable bonds is 3. The SMILES string of the molecule is CCC(C)=NC(C)=C(C)CC. The lowest BCUT2D eigenvalue weighted by atomic mass is 10.2. The average molecular weight is 153 g/mol. The lowest BCUT2D eigenvalue weighted by Crippen LogP contribution is -1.89. The van der Waals surface area contributed by atoms with Crippen LogP contribution in [0.4, 0.5) is 0 Å². The maximum absolute atomic E-state index is 4.46. The minimum atomic E-state index is 1.05. The Bertz CT molecular complexity index is 175. The van der Waals surface area contributed by atoms with Gasteiger partial charge in [0.05, 0.1) is 0 Å². The quantitative estimate of drug-likeness (QED) is 0.550. The Morgan fingerprint density at radius 3 is 1.91 bits per heavy atom. The normalized spacial score (nSPS) is 14.8. The van der Waals surface area contributed by atoms with Crippen molar-refractivity contribution in [3.63, 3.8) is 0 Å². The van der Waals surface area contributed by atoms with Crippen LogP contribution in [-0.2, 0) is 0 Å². The third kappa shape index (κ3) is 3.97. The van der Waals surface area contributed by atoms with Crippen LogP contribution < -0.4 is 0 Å². The van der Waals surface area contributed by atoms with Gasteiger partial charge in [-0.1, -0.05) is 19.4 Å². The standard InChI is InChI=1S/C10H19N/c1-6-8(3)10(5)11-9(4)7-2/h6-7H2,1-5H3. The summed E-state index contributed by atoms with van der Waals surface area (Å²) in [5.74, 6) is 0. The summed E-state index contributed by atoms with van der Waals surface area (Å²) in [4.78, 5) is 4.46. The fourth-order valence-corrected chi connectivity index (χ4v) is 0.717. The van der Waals surface area contributed by atoms with E-state index in [0.29, 0.717) is 0 Å². The van der Waals surface area contributed by atoms with E-state index >= 15 is 0 Å². The van der Waals surface area contributed by atoms with Crippen LogP contribution in [0.2, 0.25) is 0 Å². The summed E-state index contributed by atoms with van der Waals surface area (Å²) in [6.07, 6.45) is 2.15. The number of allylic oxidation sites excluding steroid dienone is 2. The largest absolute Gasteiger partial charge is 0.263 e. The first-order valence-electron chi connectivity index (χ1n) is 4.32. The Kier molecular flexibility index (Phi) is 4.84. The van der Waals surface area contributed by atoms with E-state index in [4.69, 9.17) is 0 Å². The molecule has 0 atom stereocenters. The molecular weight excluding hydrogens is 134 g/mol. The van der Waals surface area contributed by atoms with Crippen LogP contribution in [-0.4, -0.2) is 5.71 Å². The van der Waals surface area contributed by atoms with E-state index in [1.165, 1.54) is 17.0 Å². The first-order chi connectivity index (χ1) is 5.11. The molecule has 0 radical (unpaired) electrons. The van der Waals surface area contributed by atoms with Crippen molar-refractivity contribution >= 4 is 5.71 Å². The molecule has 64 valence electrons. The van der Waals surface area contributed by atoms with E-state index in [1.807, 2.05) is 0 Å². The van der Waals surface area contributed by atoms with Crippen molar-refractivity contribution in [3.8, 4) is 0 Å². The number of nitrogens with zero attached hydrogens (tertiary/aromatic N) is 1. The van der Waals surface area contributed by atoms with Gasteiger partial charge in [0.25, 0.3) is 0 Å². The van der Waals surface area contributed by atoms with Crippen molar-refractivity contribution in [2.75, 3.05) is 0 Å². The van der Waals surface area contributed by atoms with Gasteiger partial charge in [0.15, 0.2) is 0 Å². The van der Waals surface area contributed by atoms with Crippen LogP contribution >= 0.6 is 0 Å².